The van der Waals surface area contributed by atoms with Crippen molar-refractivity contribution < 1.29 is 4.79 Å². The first-order valence-corrected chi connectivity index (χ1v) is 7.25. The molecule has 1 fully saturated rings. The number of piperidine rings is 1. The molecule has 4 heteroatoms. The Balaban J connectivity index is 2.15. The minimum Gasteiger partial charge on any atom is -0.398 e. The second-order valence-electron chi connectivity index (χ2n) is 4.90. The first-order valence-electron chi connectivity index (χ1n) is 6.46. The summed E-state index contributed by atoms with van der Waals surface area (Å²) in [4.78, 5) is 14.4. The van der Waals surface area contributed by atoms with E-state index in [4.69, 9.17) is 5.73 Å². The van der Waals surface area contributed by atoms with Crippen LogP contribution < -0.4 is 5.73 Å². The Hall–Kier alpha value is -1.03. The van der Waals surface area contributed by atoms with Crippen molar-refractivity contribution in [3.05, 3.63) is 28.2 Å². The van der Waals surface area contributed by atoms with Crippen LogP contribution in [-0.4, -0.2) is 23.9 Å². The van der Waals surface area contributed by atoms with Crippen molar-refractivity contribution in [2.75, 3.05) is 18.8 Å². The van der Waals surface area contributed by atoms with Crippen LogP contribution in [0.3, 0.4) is 0 Å². The Labute approximate surface area is 116 Å². The maximum atomic E-state index is 12.4. The second kappa shape index (κ2) is 5.74. The number of carbonyl (C=O) groups is 1. The summed E-state index contributed by atoms with van der Waals surface area (Å²) in [6.07, 6.45) is 3.47. The predicted molar refractivity (Wildman–Crippen MR) is 77.5 cm³/mol. The number of carbonyl (C=O) groups excluding carboxylic acids is 1. The molecule has 2 rings (SSSR count). The summed E-state index contributed by atoms with van der Waals surface area (Å²) >= 11 is 3.36. The highest BCUT2D eigenvalue weighted by Gasteiger charge is 2.24. The molecule has 0 radical (unpaired) electrons. The summed E-state index contributed by atoms with van der Waals surface area (Å²) in [5, 5.41) is 0. The highest BCUT2D eigenvalue weighted by molar-refractivity contribution is 9.10. The fourth-order valence-electron chi connectivity index (χ4n) is 2.48. The number of nitrogen functional groups attached to an aromatic ring is 1. The Morgan fingerprint density at radius 1 is 1.56 bits per heavy atom. The number of halogens is 1. The molecule has 0 spiro atoms. The predicted octanol–water partition coefficient (Wildman–Crippen LogP) is 3.29. The Kier molecular flexibility index (Phi) is 4.27. The average molecular weight is 311 g/mol. The number of likely N-dealkylation sites (tertiary alicyclic amines) is 1. The van der Waals surface area contributed by atoms with E-state index in [9.17, 15) is 4.79 Å². The molecule has 0 aliphatic carbocycles. The van der Waals surface area contributed by atoms with Gasteiger partial charge in [0.25, 0.3) is 5.91 Å². The average Bonchev–Trinajstić information content (AvgIpc) is 2.38. The number of nitrogens with zero attached hydrogens (tertiary/aromatic N) is 1. The maximum absolute atomic E-state index is 12.4. The Morgan fingerprint density at radius 3 is 3.00 bits per heavy atom. The van der Waals surface area contributed by atoms with E-state index >= 15 is 0 Å². The third-order valence-corrected chi connectivity index (χ3v) is 4.12. The zero-order valence-electron chi connectivity index (χ0n) is 10.7. The molecule has 3 nitrogen and oxygen atoms in total. The lowest BCUT2D eigenvalue weighted by Gasteiger charge is -2.32. The quantitative estimate of drug-likeness (QED) is 0.852. The third-order valence-electron chi connectivity index (χ3n) is 3.63. The third kappa shape index (κ3) is 2.86. The molecule has 0 aromatic heterocycles. The first kappa shape index (κ1) is 13.4. The molecule has 0 bridgehead atoms. The zero-order chi connectivity index (χ0) is 13.1. The monoisotopic (exact) mass is 310 g/mol. The van der Waals surface area contributed by atoms with Crippen molar-refractivity contribution in [3.8, 4) is 0 Å². The van der Waals surface area contributed by atoms with Crippen molar-refractivity contribution in [2.45, 2.75) is 26.2 Å². The van der Waals surface area contributed by atoms with Crippen molar-refractivity contribution in [1.82, 2.24) is 4.90 Å². The van der Waals surface area contributed by atoms with Crippen LogP contribution in [0.1, 0.15) is 36.5 Å². The van der Waals surface area contributed by atoms with Gasteiger partial charge in [-0.3, -0.25) is 4.79 Å². The van der Waals surface area contributed by atoms with Crippen LogP contribution >= 0.6 is 15.9 Å². The van der Waals surface area contributed by atoms with Gasteiger partial charge in [-0.25, -0.2) is 0 Å². The number of hydrogen-bond acceptors (Lipinski definition) is 2. The van der Waals surface area contributed by atoms with Crippen molar-refractivity contribution in [3.63, 3.8) is 0 Å². The van der Waals surface area contributed by atoms with Gasteiger partial charge in [0.1, 0.15) is 0 Å². The zero-order valence-corrected chi connectivity index (χ0v) is 12.2. The number of rotatable bonds is 2. The fourth-order valence-corrected chi connectivity index (χ4v) is 2.86. The van der Waals surface area contributed by atoms with E-state index in [2.05, 4.69) is 22.9 Å². The molecule has 18 heavy (non-hydrogen) atoms. The summed E-state index contributed by atoms with van der Waals surface area (Å²) in [6.45, 7) is 3.91. The number of benzene rings is 1. The van der Waals surface area contributed by atoms with Gasteiger partial charge in [-0.15, -0.1) is 0 Å². The van der Waals surface area contributed by atoms with Crippen LogP contribution in [0.2, 0.25) is 0 Å². The molecule has 0 saturated carbocycles. The smallest absolute Gasteiger partial charge is 0.255 e. The van der Waals surface area contributed by atoms with E-state index < -0.39 is 0 Å². The molecule has 1 aromatic rings. The van der Waals surface area contributed by atoms with Crippen molar-refractivity contribution >= 4 is 27.5 Å². The summed E-state index contributed by atoms with van der Waals surface area (Å²) < 4.78 is 0.904. The van der Waals surface area contributed by atoms with Gasteiger partial charge in [0.05, 0.1) is 5.56 Å². The number of amides is 1. The number of nitrogens with two attached hydrogens (primary N) is 1. The largest absolute Gasteiger partial charge is 0.398 e. The van der Waals surface area contributed by atoms with Crippen molar-refractivity contribution in [2.24, 2.45) is 5.92 Å². The Bertz CT molecular complexity index is 447. The van der Waals surface area contributed by atoms with Gasteiger partial charge in [-0.2, -0.15) is 0 Å². The van der Waals surface area contributed by atoms with E-state index in [1.54, 1.807) is 12.1 Å². The van der Waals surface area contributed by atoms with Gasteiger partial charge in [-0.05, 0) is 37.0 Å². The van der Waals surface area contributed by atoms with Gasteiger partial charge in [0.2, 0.25) is 0 Å². The van der Waals surface area contributed by atoms with Crippen LogP contribution in [0.5, 0.6) is 0 Å². The second-order valence-corrected chi connectivity index (χ2v) is 5.81. The fraction of sp³-hybridized carbons (Fsp3) is 0.500. The van der Waals surface area contributed by atoms with Gasteiger partial charge in [0.15, 0.2) is 0 Å². The molecular formula is C14H19BrN2O. The van der Waals surface area contributed by atoms with E-state index in [0.717, 1.165) is 30.4 Å². The molecule has 98 valence electrons. The van der Waals surface area contributed by atoms with Gasteiger partial charge in [0, 0.05) is 23.2 Å². The summed E-state index contributed by atoms with van der Waals surface area (Å²) in [5.74, 6) is 0.706. The topological polar surface area (TPSA) is 46.3 Å². The maximum Gasteiger partial charge on any atom is 0.255 e. The lowest BCUT2D eigenvalue weighted by atomic mass is 9.95. The molecule has 1 aromatic carbocycles. The van der Waals surface area contributed by atoms with Crippen LogP contribution in [0.25, 0.3) is 0 Å². The molecule has 1 amide bonds. The molecule has 1 saturated heterocycles. The first-order chi connectivity index (χ1) is 8.61. The molecule has 2 N–H and O–H groups in total. The minimum atomic E-state index is 0.0677. The number of anilines is 1. The SMILES string of the molecule is CCC1CCCN(C(=O)c2ccc(Br)cc2N)C1. The van der Waals surface area contributed by atoms with Crippen molar-refractivity contribution in [1.29, 1.82) is 0 Å². The van der Waals surface area contributed by atoms with Gasteiger partial charge < -0.3 is 10.6 Å². The highest BCUT2D eigenvalue weighted by Crippen LogP contribution is 2.24. The minimum absolute atomic E-state index is 0.0677. The highest BCUT2D eigenvalue weighted by atomic mass is 79.9. The Morgan fingerprint density at radius 2 is 2.33 bits per heavy atom. The normalized spacial score (nSPS) is 19.9. The molecule has 1 aliphatic heterocycles. The van der Waals surface area contributed by atoms with Crippen LogP contribution in [0, 0.1) is 5.92 Å². The summed E-state index contributed by atoms with van der Waals surface area (Å²) in [5.41, 5.74) is 7.09. The number of hydrogen-bond donors (Lipinski definition) is 1. The molecule has 1 heterocycles. The summed E-state index contributed by atoms with van der Waals surface area (Å²) in [7, 11) is 0. The molecular weight excluding hydrogens is 292 g/mol. The summed E-state index contributed by atoms with van der Waals surface area (Å²) in [6, 6.07) is 5.45. The van der Waals surface area contributed by atoms with Crippen LogP contribution in [0.15, 0.2) is 22.7 Å². The van der Waals surface area contributed by atoms with E-state index in [1.807, 2.05) is 11.0 Å². The van der Waals surface area contributed by atoms with Crippen LogP contribution in [-0.2, 0) is 0 Å². The lowest BCUT2D eigenvalue weighted by Crippen LogP contribution is -2.40. The molecule has 1 aliphatic rings. The lowest BCUT2D eigenvalue weighted by molar-refractivity contribution is 0.0672. The van der Waals surface area contributed by atoms with E-state index in [0.29, 0.717) is 17.2 Å². The molecule has 1 atom stereocenters. The van der Waals surface area contributed by atoms with E-state index in [-0.39, 0.29) is 5.91 Å². The standard InChI is InChI=1S/C14H19BrN2O/c1-2-10-4-3-7-17(9-10)14(18)12-6-5-11(15)8-13(12)16/h5-6,8,10H,2-4,7,9,16H2,1H3. The van der Waals surface area contributed by atoms with E-state index in [1.165, 1.54) is 6.42 Å². The molecule has 1 unspecified atom stereocenters. The van der Waals surface area contributed by atoms with Crippen LogP contribution in [0.4, 0.5) is 5.69 Å². The van der Waals surface area contributed by atoms with Gasteiger partial charge >= 0.3 is 0 Å². The van der Waals surface area contributed by atoms with Gasteiger partial charge in [-0.1, -0.05) is 29.3 Å².